The van der Waals surface area contributed by atoms with Gasteiger partial charge in [-0.25, -0.2) is 0 Å². The molecule has 1 N–H and O–H groups in total. The van der Waals surface area contributed by atoms with Gasteiger partial charge in [0.2, 0.25) is 0 Å². The molecule has 1 unspecified atom stereocenters. The maximum Gasteiger partial charge on any atom is 0.0991 e. The van der Waals surface area contributed by atoms with Crippen molar-refractivity contribution in [2.24, 2.45) is 7.05 Å². The van der Waals surface area contributed by atoms with E-state index < -0.39 is 0 Å². The molecular weight excluding hydrogens is 222 g/mol. The zero-order valence-electron chi connectivity index (χ0n) is 10.7. The molecule has 0 amide bonds. The van der Waals surface area contributed by atoms with Crippen LogP contribution in [0.1, 0.15) is 29.7 Å². The highest BCUT2D eigenvalue weighted by molar-refractivity contribution is 5.32. The minimum absolute atomic E-state index is 0.276. The van der Waals surface area contributed by atoms with Crippen LogP contribution in [0.3, 0.4) is 0 Å². The van der Waals surface area contributed by atoms with E-state index in [4.69, 9.17) is 5.26 Å². The zero-order valence-corrected chi connectivity index (χ0v) is 10.7. The summed E-state index contributed by atoms with van der Waals surface area (Å²) in [6, 6.07) is 12.2. The molecule has 1 atom stereocenters. The van der Waals surface area contributed by atoms with Crippen molar-refractivity contribution in [1.29, 1.82) is 5.26 Å². The summed E-state index contributed by atoms with van der Waals surface area (Å²) in [4.78, 5) is 0. The van der Waals surface area contributed by atoms with E-state index in [2.05, 4.69) is 30.6 Å². The van der Waals surface area contributed by atoms with Crippen LogP contribution in [0.5, 0.6) is 0 Å². The van der Waals surface area contributed by atoms with Crippen LogP contribution >= 0.6 is 0 Å². The Morgan fingerprint density at radius 1 is 1.28 bits per heavy atom. The van der Waals surface area contributed by atoms with Gasteiger partial charge in [-0.05, 0) is 36.2 Å². The lowest BCUT2D eigenvalue weighted by Crippen LogP contribution is -2.17. The topological polar surface area (TPSA) is 40.8 Å². The number of nitrogens with zero attached hydrogens (tertiary/aromatic N) is 2. The van der Waals surface area contributed by atoms with Gasteiger partial charge < -0.3 is 9.88 Å². The summed E-state index contributed by atoms with van der Waals surface area (Å²) < 4.78 is 2.05. The number of nitrogens with one attached hydrogen (secondary N) is 1. The monoisotopic (exact) mass is 239 g/mol. The number of benzene rings is 1. The summed E-state index contributed by atoms with van der Waals surface area (Å²) in [5, 5.41) is 12.2. The van der Waals surface area contributed by atoms with E-state index in [9.17, 15) is 0 Å². The van der Waals surface area contributed by atoms with Crippen LogP contribution < -0.4 is 5.32 Å². The van der Waals surface area contributed by atoms with Gasteiger partial charge in [0.05, 0.1) is 11.6 Å². The molecule has 0 aliphatic carbocycles. The Labute approximate surface area is 108 Å². The Balaban J connectivity index is 1.95. The summed E-state index contributed by atoms with van der Waals surface area (Å²) >= 11 is 0. The molecule has 1 heterocycles. The van der Waals surface area contributed by atoms with E-state index >= 15 is 0 Å². The lowest BCUT2D eigenvalue weighted by atomic mass is 10.1. The molecule has 0 bridgehead atoms. The molecule has 0 spiro atoms. The fraction of sp³-hybridized carbons (Fsp3) is 0.267. The molecule has 18 heavy (non-hydrogen) atoms. The lowest BCUT2D eigenvalue weighted by Gasteiger charge is -2.13. The fourth-order valence-corrected chi connectivity index (χ4v) is 1.90. The van der Waals surface area contributed by atoms with Crippen LogP contribution in [0.15, 0.2) is 42.7 Å². The first-order chi connectivity index (χ1) is 8.69. The second-order valence-corrected chi connectivity index (χ2v) is 4.52. The predicted octanol–water partition coefficient (Wildman–Crippen LogP) is 2.75. The third kappa shape index (κ3) is 2.99. The molecular formula is C15H17N3. The first-order valence-electron chi connectivity index (χ1n) is 6.03. The number of rotatable bonds is 4. The highest BCUT2D eigenvalue weighted by Crippen LogP contribution is 2.14. The number of aryl methyl sites for hydroxylation is 1. The summed E-state index contributed by atoms with van der Waals surface area (Å²) in [7, 11) is 2.02. The second kappa shape index (κ2) is 5.52. The molecule has 0 aliphatic rings. The average molecular weight is 239 g/mol. The minimum atomic E-state index is 0.276. The maximum absolute atomic E-state index is 8.75. The van der Waals surface area contributed by atoms with E-state index in [1.165, 1.54) is 11.1 Å². The van der Waals surface area contributed by atoms with Crippen molar-refractivity contribution in [2.75, 3.05) is 0 Å². The molecule has 0 radical (unpaired) electrons. The number of aromatic nitrogens is 1. The van der Waals surface area contributed by atoms with Crippen molar-refractivity contribution in [3.8, 4) is 6.07 Å². The number of hydrogen-bond donors (Lipinski definition) is 1. The Bertz CT molecular complexity index is 546. The molecule has 0 saturated heterocycles. The van der Waals surface area contributed by atoms with Gasteiger partial charge in [-0.15, -0.1) is 0 Å². The van der Waals surface area contributed by atoms with Crippen molar-refractivity contribution in [2.45, 2.75) is 19.5 Å². The van der Waals surface area contributed by atoms with Gasteiger partial charge in [-0.3, -0.25) is 0 Å². The smallest absolute Gasteiger partial charge is 0.0991 e. The minimum Gasteiger partial charge on any atom is -0.357 e. The van der Waals surface area contributed by atoms with Gasteiger partial charge in [0, 0.05) is 32.0 Å². The Morgan fingerprint density at radius 2 is 2.00 bits per heavy atom. The summed E-state index contributed by atoms with van der Waals surface area (Å²) in [5.41, 5.74) is 3.18. The second-order valence-electron chi connectivity index (χ2n) is 4.52. The molecule has 0 saturated carbocycles. The van der Waals surface area contributed by atoms with E-state index in [0.29, 0.717) is 5.56 Å². The quantitative estimate of drug-likeness (QED) is 0.891. The van der Waals surface area contributed by atoms with E-state index in [1.54, 1.807) is 0 Å². The van der Waals surface area contributed by atoms with Crippen molar-refractivity contribution >= 4 is 0 Å². The van der Waals surface area contributed by atoms with Gasteiger partial charge >= 0.3 is 0 Å². The van der Waals surface area contributed by atoms with E-state index in [0.717, 1.165) is 6.54 Å². The zero-order chi connectivity index (χ0) is 13.0. The van der Waals surface area contributed by atoms with Gasteiger partial charge in [0.15, 0.2) is 0 Å². The Kier molecular flexibility index (Phi) is 3.81. The molecule has 0 fully saturated rings. The molecule has 3 heteroatoms. The summed E-state index contributed by atoms with van der Waals surface area (Å²) in [5.74, 6) is 0. The lowest BCUT2D eigenvalue weighted by molar-refractivity contribution is 0.574. The van der Waals surface area contributed by atoms with Crippen molar-refractivity contribution < 1.29 is 0 Å². The van der Waals surface area contributed by atoms with Crippen molar-refractivity contribution in [3.05, 3.63) is 59.4 Å². The fourth-order valence-electron chi connectivity index (χ4n) is 1.90. The van der Waals surface area contributed by atoms with Crippen LogP contribution in [0, 0.1) is 11.3 Å². The molecule has 3 nitrogen and oxygen atoms in total. The van der Waals surface area contributed by atoms with E-state index in [-0.39, 0.29) is 6.04 Å². The largest absolute Gasteiger partial charge is 0.357 e. The average Bonchev–Trinajstić information content (AvgIpc) is 2.82. The highest BCUT2D eigenvalue weighted by Gasteiger charge is 2.05. The summed E-state index contributed by atoms with van der Waals surface area (Å²) in [6.45, 7) is 2.98. The Hall–Kier alpha value is -2.05. The summed E-state index contributed by atoms with van der Waals surface area (Å²) in [6.07, 6.45) is 4.15. The van der Waals surface area contributed by atoms with E-state index in [1.807, 2.05) is 42.1 Å². The van der Waals surface area contributed by atoms with Gasteiger partial charge in [-0.2, -0.15) is 5.26 Å². The molecule has 1 aromatic heterocycles. The van der Waals surface area contributed by atoms with Crippen molar-refractivity contribution in [1.82, 2.24) is 9.88 Å². The standard InChI is InChI=1S/C15H17N3/c1-12(15-5-3-13(9-16)4-6-15)17-10-14-7-8-18(2)11-14/h3-8,11-12,17H,10H2,1-2H3. The van der Waals surface area contributed by atoms with Crippen LogP contribution in [-0.2, 0) is 13.6 Å². The van der Waals surface area contributed by atoms with Crippen LogP contribution in [-0.4, -0.2) is 4.57 Å². The SMILES string of the molecule is CC(NCc1ccn(C)c1)c1ccc(C#N)cc1. The van der Waals surface area contributed by atoms with Crippen LogP contribution in [0.4, 0.5) is 0 Å². The molecule has 1 aromatic carbocycles. The third-order valence-electron chi connectivity index (χ3n) is 3.05. The predicted molar refractivity (Wildman–Crippen MR) is 71.8 cm³/mol. The number of nitriles is 1. The van der Waals surface area contributed by atoms with Gasteiger partial charge in [-0.1, -0.05) is 12.1 Å². The normalized spacial score (nSPS) is 12.1. The van der Waals surface area contributed by atoms with Crippen LogP contribution in [0.2, 0.25) is 0 Å². The molecule has 2 aromatic rings. The maximum atomic E-state index is 8.75. The highest BCUT2D eigenvalue weighted by atomic mass is 14.9. The molecule has 2 rings (SSSR count). The van der Waals surface area contributed by atoms with Gasteiger partial charge in [0.25, 0.3) is 0 Å². The molecule has 92 valence electrons. The molecule has 0 aliphatic heterocycles. The third-order valence-corrected chi connectivity index (χ3v) is 3.05. The van der Waals surface area contributed by atoms with Gasteiger partial charge in [0.1, 0.15) is 0 Å². The first-order valence-corrected chi connectivity index (χ1v) is 6.03. The van der Waals surface area contributed by atoms with Crippen molar-refractivity contribution in [3.63, 3.8) is 0 Å². The Morgan fingerprint density at radius 3 is 2.56 bits per heavy atom. The number of hydrogen-bond acceptors (Lipinski definition) is 2. The first kappa shape index (κ1) is 12.4. The van der Waals surface area contributed by atoms with Crippen LogP contribution in [0.25, 0.3) is 0 Å².